The molecule has 0 atom stereocenters. The van der Waals surface area contributed by atoms with E-state index < -0.39 is 0 Å². The largest absolute Gasteiger partial charge is 0.360 e. The Morgan fingerprint density at radius 3 is 2.46 bits per heavy atom. The quantitative estimate of drug-likeness (QED) is 0.271. The highest BCUT2D eigenvalue weighted by atomic mass is 35.5. The second kappa shape index (κ2) is 10.5. The maximum atomic E-state index is 12.7. The lowest BCUT2D eigenvalue weighted by Crippen LogP contribution is -2.21. The molecule has 3 aromatic carbocycles. The number of amides is 2. The lowest BCUT2D eigenvalue weighted by atomic mass is 10.1. The van der Waals surface area contributed by atoms with E-state index in [1.165, 1.54) is 16.7 Å². The Kier molecular flexibility index (Phi) is 6.98. The molecule has 0 unspecified atom stereocenters. The van der Waals surface area contributed by atoms with Gasteiger partial charge in [0.05, 0.1) is 5.75 Å². The predicted molar refractivity (Wildman–Crippen MR) is 147 cm³/mol. The average Bonchev–Trinajstić information content (AvgIpc) is 3.52. The number of fused-ring (bicyclic) bond motifs is 1. The fraction of sp³-hybridized carbons (Fsp3) is 0.111. The van der Waals surface area contributed by atoms with Gasteiger partial charge in [-0.3, -0.25) is 14.2 Å². The standard InChI is InChI=1S/C27H23ClN6O2S/c1-33(2)26(36)17-7-11-19(12-8-17)30-24(35)16-37-27-32-31-25(34(27)20-13-9-18(28)10-14-20)22-15-29-23-6-4-3-5-21(22)23/h3-15,29H,16H2,1-2H3,(H,30,35). The van der Waals surface area contributed by atoms with E-state index >= 15 is 0 Å². The predicted octanol–water partition coefficient (Wildman–Crippen LogP) is 5.50. The molecule has 5 rings (SSSR count). The molecule has 2 heterocycles. The number of hydrogen-bond acceptors (Lipinski definition) is 5. The van der Waals surface area contributed by atoms with Gasteiger partial charge in [0, 0.05) is 58.7 Å². The first kappa shape index (κ1) is 24.6. The van der Waals surface area contributed by atoms with E-state index in [0.717, 1.165) is 22.2 Å². The number of carbonyl (C=O) groups excluding carboxylic acids is 2. The van der Waals surface area contributed by atoms with Crippen LogP contribution in [0.25, 0.3) is 28.0 Å². The molecule has 8 nitrogen and oxygen atoms in total. The number of halogens is 1. The van der Waals surface area contributed by atoms with Gasteiger partial charge in [-0.15, -0.1) is 10.2 Å². The monoisotopic (exact) mass is 530 g/mol. The van der Waals surface area contributed by atoms with Crippen LogP contribution in [0.15, 0.2) is 84.1 Å². The lowest BCUT2D eigenvalue weighted by molar-refractivity contribution is -0.113. The minimum Gasteiger partial charge on any atom is -0.360 e. The topological polar surface area (TPSA) is 95.9 Å². The molecule has 0 saturated carbocycles. The van der Waals surface area contributed by atoms with Crippen molar-refractivity contribution in [2.45, 2.75) is 5.16 Å². The van der Waals surface area contributed by atoms with Gasteiger partial charge < -0.3 is 15.2 Å². The zero-order valence-electron chi connectivity index (χ0n) is 20.1. The SMILES string of the molecule is CN(C)C(=O)c1ccc(NC(=O)CSc2nnc(-c3c[nH]c4ccccc34)n2-c2ccc(Cl)cc2)cc1. The van der Waals surface area contributed by atoms with Gasteiger partial charge in [0.1, 0.15) is 0 Å². The minimum absolute atomic E-state index is 0.0963. The van der Waals surface area contributed by atoms with E-state index in [1.807, 2.05) is 59.3 Å². The minimum atomic E-state index is -0.198. The molecule has 10 heteroatoms. The van der Waals surface area contributed by atoms with Crippen molar-refractivity contribution in [3.05, 3.63) is 89.6 Å². The summed E-state index contributed by atoms with van der Waals surface area (Å²) in [7, 11) is 3.39. The highest BCUT2D eigenvalue weighted by Crippen LogP contribution is 2.32. The molecule has 0 aliphatic carbocycles. The molecule has 2 amide bonds. The van der Waals surface area contributed by atoms with E-state index in [4.69, 9.17) is 11.6 Å². The Labute approximate surface area is 222 Å². The third kappa shape index (κ3) is 5.23. The summed E-state index contributed by atoms with van der Waals surface area (Å²) in [4.78, 5) is 29.6. The van der Waals surface area contributed by atoms with Gasteiger partial charge in [0.15, 0.2) is 11.0 Å². The van der Waals surface area contributed by atoms with E-state index in [9.17, 15) is 9.59 Å². The Morgan fingerprint density at radius 1 is 1.00 bits per heavy atom. The summed E-state index contributed by atoms with van der Waals surface area (Å²) in [5, 5.41) is 14.0. The first-order valence-corrected chi connectivity index (χ1v) is 12.8. The number of aromatic amines is 1. The van der Waals surface area contributed by atoms with Gasteiger partial charge in [-0.2, -0.15) is 0 Å². The molecular weight excluding hydrogens is 508 g/mol. The average molecular weight is 531 g/mol. The number of nitrogens with zero attached hydrogens (tertiary/aromatic N) is 4. The van der Waals surface area contributed by atoms with Gasteiger partial charge >= 0.3 is 0 Å². The van der Waals surface area contributed by atoms with Crippen molar-refractivity contribution in [3.8, 4) is 17.1 Å². The molecule has 37 heavy (non-hydrogen) atoms. The number of benzene rings is 3. The van der Waals surface area contributed by atoms with E-state index in [-0.39, 0.29) is 17.6 Å². The maximum absolute atomic E-state index is 12.7. The Balaban J connectivity index is 1.38. The molecule has 0 fully saturated rings. The van der Waals surface area contributed by atoms with Crippen LogP contribution in [0.3, 0.4) is 0 Å². The van der Waals surface area contributed by atoms with E-state index in [1.54, 1.807) is 38.4 Å². The molecular formula is C27H23ClN6O2S. The Morgan fingerprint density at radius 2 is 1.73 bits per heavy atom. The van der Waals surface area contributed by atoms with Crippen LogP contribution < -0.4 is 5.32 Å². The van der Waals surface area contributed by atoms with E-state index in [0.29, 0.717) is 27.3 Å². The summed E-state index contributed by atoms with van der Waals surface area (Å²) in [6.45, 7) is 0. The second-order valence-electron chi connectivity index (χ2n) is 8.48. The van der Waals surface area contributed by atoms with Crippen molar-refractivity contribution in [2.24, 2.45) is 0 Å². The van der Waals surface area contributed by atoms with E-state index in [2.05, 4.69) is 20.5 Å². The maximum Gasteiger partial charge on any atom is 0.253 e. The van der Waals surface area contributed by atoms with Crippen molar-refractivity contribution in [1.29, 1.82) is 0 Å². The smallest absolute Gasteiger partial charge is 0.253 e. The van der Waals surface area contributed by atoms with Crippen LogP contribution in [-0.4, -0.2) is 56.3 Å². The molecule has 2 aromatic heterocycles. The third-order valence-corrected chi connectivity index (χ3v) is 6.88. The first-order chi connectivity index (χ1) is 17.9. The molecule has 2 N–H and O–H groups in total. The van der Waals surface area contributed by atoms with Crippen LogP contribution in [0.1, 0.15) is 10.4 Å². The van der Waals surface area contributed by atoms with Crippen molar-refractivity contribution in [3.63, 3.8) is 0 Å². The number of para-hydroxylation sites is 1. The summed E-state index contributed by atoms with van der Waals surface area (Å²) in [5.41, 5.74) is 3.90. The highest BCUT2D eigenvalue weighted by molar-refractivity contribution is 7.99. The van der Waals surface area contributed by atoms with Gasteiger partial charge in [0.2, 0.25) is 5.91 Å². The molecule has 0 saturated heterocycles. The number of H-pyrrole nitrogens is 1. The second-order valence-corrected chi connectivity index (χ2v) is 9.86. The van der Waals surface area contributed by atoms with Crippen molar-refractivity contribution in [1.82, 2.24) is 24.6 Å². The number of nitrogens with one attached hydrogen (secondary N) is 2. The summed E-state index contributed by atoms with van der Waals surface area (Å²) >= 11 is 7.41. The summed E-state index contributed by atoms with van der Waals surface area (Å²) in [5.74, 6) is 0.485. The molecule has 0 aliphatic rings. The molecule has 0 aliphatic heterocycles. The van der Waals surface area contributed by atoms with Crippen LogP contribution >= 0.6 is 23.4 Å². The summed E-state index contributed by atoms with van der Waals surface area (Å²) < 4.78 is 1.92. The van der Waals surface area contributed by atoms with Crippen LogP contribution in [0.4, 0.5) is 5.69 Å². The van der Waals surface area contributed by atoms with Crippen molar-refractivity contribution < 1.29 is 9.59 Å². The van der Waals surface area contributed by atoms with Crippen LogP contribution in [0.2, 0.25) is 5.02 Å². The molecule has 0 radical (unpaired) electrons. The van der Waals surface area contributed by atoms with Gasteiger partial charge in [-0.05, 0) is 54.6 Å². The fourth-order valence-electron chi connectivity index (χ4n) is 3.90. The number of carbonyl (C=O) groups is 2. The summed E-state index contributed by atoms with van der Waals surface area (Å²) in [6, 6.07) is 22.2. The highest BCUT2D eigenvalue weighted by Gasteiger charge is 2.20. The van der Waals surface area contributed by atoms with Crippen LogP contribution in [-0.2, 0) is 4.79 Å². The number of anilines is 1. The van der Waals surface area contributed by atoms with Gasteiger partial charge in [0.25, 0.3) is 5.91 Å². The molecule has 0 spiro atoms. The number of rotatable bonds is 7. The normalized spacial score (nSPS) is 11.0. The first-order valence-electron chi connectivity index (χ1n) is 11.4. The lowest BCUT2D eigenvalue weighted by Gasteiger charge is -2.11. The van der Waals surface area contributed by atoms with Gasteiger partial charge in [-0.25, -0.2) is 0 Å². The molecule has 5 aromatic rings. The summed E-state index contributed by atoms with van der Waals surface area (Å²) in [6.07, 6.45) is 1.91. The van der Waals surface area contributed by atoms with Crippen molar-refractivity contribution in [2.75, 3.05) is 25.2 Å². The number of thioether (sulfide) groups is 1. The van der Waals surface area contributed by atoms with Crippen LogP contribution in [0.5, 0.6) is 0 Å². The zero-order chi connectivity index (χ0) is 25.9. The molecule has 186 valence electrons. The Bertz CT molecular complexity index is 1580. The fourth-order valence-corrected chi connectivity index (χ4v) is 4.78. The Hall–Kier alpha value is -4.08. The molecule has 0 bridgehead atoms. The van der Waals surface area contributed by atoms with Gasteiger partial charge in [-0.1, -0.05) is 41.6 Å². The third-order valence-electron chi connectivity index (χ3n) is 5.70. The number of hydrogen-bond donors (Lipinski definition) is 2. The number of aromatic nitrogens is 4. The van der Waals surface area contributed by atoms with Crippen molar-refractivity contribution >= 4 is 51.8 Å². The zero-order valence-corrected chi connectivity index (χ0v) is 21.7. The van der Waals surface area contributed by atoms with Crippen LogP contribution in [0, 0.1) is 0 Å².